The molecule has 0 aliphatic rings. The predicted octanol–water partition coefficient (Wildman–Crippen LogP) is 2.72. The Labute approximate surface area is 110 Å². The zero-order valence-corrected chi connectivity index (χ0v) is 11.8. The van der Waals surface area contributed by atoms with Gasteiger partial charge in [-0.3, -0.25) is 0 Å². The van der Waals surface area contributed by atoms with Gasteiger partial charge in [-0.05, 0) is 32.1 Å². The van der Waals surface area contributed by atoms with Crippen molar-refractivity contribution in [2.45, 2.75) is 27.0 Å². The number of aliphatic hydroxyl groups excluding tert-OH is 1. The molecule has 0 bridgehead atoms. The van der Waals surface area contributed by atoms with Crippen LogP contribution >= 0.6 is 0 Å². The Hall–Kier alpha value is -1.32. The number of para-hydroxylation sites is 1. The molecule has 0 amide bonds. The molecular formula is C15H24N2O. The average Bonchev–Trinajstić information content (AvgIpc) is 2.77. The van der Waals surface area contributed by atoms with Crippen molar-refractivity contribution >= 4 is 10.9 Å². The molecule has 0 aliphatic carbocycles. The van der Waals surface area contributed by atoms with Crippen LogP contribution in [0.3, 0.4) is 0 Å². The molecule has 0 spiro atoms. The molecule has 1 aromatic carbocycles. The summed E-state index contributed by atoms with van der Waals surface area (Å²) in [4.78, 5) is 2.17. The van der Waals surface area contributed by atoms with Crippen LogP contribution < -0.4 is 0 Å². The van der Waals surface area contributed by atoms with Crippen LogP contribution in [0, 0.1) is 0 Å². The number of benzene rings is 1. The molecule has 0 atom stereocenters. The molecule has 1 heterocycles. The average molecular weight is 248 g/mol. The molecule has 1 aromatic heterocycles. The molecule has 0 radical (unpaired) electrons. The van der Waals surface area contributed by atoms with Gasteiger partial charge in [-0.1, -0.05) is 32.0 Å². The van der Waals surface area contributed by atoms with Crippen LogP contribution in [0.2, 0.25) is 0 Å². The lowest BCUT2D eigenvalue weighted by Crippen LogP contribution is -2.14. The summed E-state index contributed by atoms with van der Waals surface area (Å²) in [6.45, 7) is 5.07. The highest BCUT2D eigenvalue weighted by molar-refractivity contribution is 5.83. The summed E-state index contributed by atoms with van der Waals surface area (Å²) in [7, 11) is 4.15. The van der Waals surface area contributed by atoms with Crippen LogP contribution in [-0.2, 0) is 13.2 Å². The SMILES string of the molecule is CC.CN(C)CCc1cn(CO)c2ccccc12. The number of nitrogens with zero attached hydrogens (tertiary/aromatic N) is 2. The van der Waals surface area contributed by atoms with Crippen LogP contribution in [-0.4, -0.2) is 35.2 Å². The van der Waals surface area contributed by atoms with E-state index in [0.717, 1.165) is 18.5 Å². The molecule has 0 saturated heterocycles. The van der Waals surface area contributed by atoms with E-state index in [9.17, 15) is 5.11 Å². The monoisotopic (exact) mass is 248 g/mol. The maximum Gasteiger partial charge on any atom is 0.119 e. The summed E-state index contributed by atoms with van der Waals surface area (Å²) >= 11 is 0. The molecule has 1 N–H and O–H groups in total. The Bertz CT molecular complexity index is 474. The fourth-order valence-electron chi connectivity index (χ4n) is 1.98. The van der Waals surface area contributed by atoms with Crippen molar-refractivity contribution < 1.29 is 5.11 Å². The van der Waals surface area contributed by atoms with Crippen molar-refractivity contribution in [1.29, 1.82) is 0 Å². The summed E-state index contributed by atoms with van der Waals surface area (Å²) in [5.41, 5.74) is 2.41. The zero-order chi connectivity index (χ0) is 13.5. The molecule has 0 fully saturated rings. The van der Waals surface area contributed by atoms with Gasteiger partial charge in [-0.25, -0.2) is 0 Å². The molecule has 100 valence electrons. The largest absolute Gasteiger partial charge is 0.376 e. The van der Waals surface area contributed by atoms with Gasteiger partial charge in [-0.2, -0.15) is 0 Å². The third kappa shape index (κ3) is 3.34. The Morgan fingerprint density at radius 3 is 2.44 bits per heavy atom. The van der Waals surface area contributed by atoms with E-state index in [4.69, 9.17) is 0 Å². The summed E-state index contributed by atoms with van der Waals surface area (Å²) in [5.74, 6) is 0. The van der Waals surface area contributed by atoms with Gasteiger partial charge >= 0.3 is 0 Å². The van der Waals surface area contributed by atoms with Crippen LogP contribution in [0.15, 0.2) is 30.5 Å². The van der Waals surface area contributed by atoms with Crippen molar-refractivity contribution in [2.75, 3.05) is 20.6 Å². The number of hydrogen-bond donors (Lipinski definition) is 1. The minimum absolute atomic E-state index is 0.0441. The van der Waals surface area contributed by atoms with E-state index in [-0.39, 0.29) is 6.73 Å². The van der Waals surface area contributed by atoms with Crippen molar-refractivity contribution in [3.05, 3.63) is 36.0 Å². The first-order valence-corrected chi connectivity index (χ1v) is 6.54. The van der Waals surface area contributed by atoms with E-state index in [2.05, 4.69) is 25.1 Å². The quantitative estimate of drug-likeness (QED) is 0.901. The van der Waals surface area contributed by atoms with Crippen molar-refractivity contribution in [3.8, 4) is 0 Å². The van der Waals surface area contributed by atoms with E-state index in [1.165, 1.54) is 10.9 Å². The maximum atomic E-state index is 9.28. The second-order valence-electron chi connectivity index (χ2n) is 4.34. The van der Waals surface area contributed by atoms with Crippen molar-refractivity contribution in [1.82, 2.24) is 9.47 Å². The summed E-state index contributed by atoms with van der Waals surface area (Å²) in [6, 6.07) is 8.21. The smallest absolute Gasteiger partial charge is 0.119 e. The van der Waals surface area contributed by atoms with E-state index in [1.807, 2.05) is 42.8 Å². The first kappa shape index (κ1) is 14.7. The third-order valence-corrected chi connectivity index (χ3v) is 2.85. The lowest BCUT2D eigenvalue weighted by Gasteiger charge is -2.07. The highest BCUT2D eigenvalue weighted by atomic mass is 16.3. The molecule has 0 aliphatic heterocycles. The second kappa shape index (κ2) is 7.19. The standard InChI is InChI=1S/C13H18N2O.C2H6/c1-14(2)8-7-11-9-15(10-16)13-6-4-3-5-12(11)13;1-2/h3-6,9,16H,7-8,10H2,1-2H3;1-2H3. The maximum absolute atomic E-state index is 9.28. The summed E-state index contributed by atoms with van der Waals surface area (Å²) in [5, 5.41) is 10.5. The number of aliphatic hydroxyl groups is 1. The first-order chi connectivity index (χ1) is 8.72. The topological polar surface area (TPSA) is 28.4 Å². The third-order valence-electron chi connectivity index (χ3n) is 2.85. The van der Waals surface area contributed by atoms with Gasteiger partial charge in [0.1, 0.15) is 6.73 Å². The van der Waals surface area contributed by atoms with Gasteiger partial charge in [0, 0.05) is 18.1 Å². The van der Waals surface area contributed by atoms with Crippen LogP contribution in [0.5, 0.6) is 0 Å². The lowest BCUT2D eigenvalue weighted by atomic mass is 10.1. The number of fused-ring (bicyclic) bond motifs is 1. The van der Waals surface area contributed by atoms with E-state index < -0.39 is 0 Å². The zero-order valence-electron chi connectivity index (χ0n) is 11.8. The van der Waals surface area contributed by atoms with Crippen LogP contribution in [0.1, 0.15) is 19.4 Å². The van der Waals surface area contributed by atoms with Crippen LogP contribution in [0.25, 0.3) is 10.9 Å². The fraction of sp³-hybridized carbons (Fsp3) is 0.467. The van der Waals surface area contributed by atoms with Gasteiger partial charge in [0.25, 0.3) is 0 Å². The molecule has 18 heavy (non-hydrogen) atoms. The van der Waals surface area contributed by atoms with Crippen LogP contribution in [0.4, 0.5) is 0 Å². The molecular weight excluding hydrogens is 224 g/mol. The normalized spacial score (nSPS) is 10.6. The highest BCUT2D eigenvalue weighted by Gasteiger charge is 2.07. The molecule has 3 heteroatoms. The van der Waals surface area contributed by atoms with E-state index in [1.54, 1.807) is 0 Å². The Balaban J connectivity index is 0.000000771. The van der Waals surface area contributed by atoms with E-state index >= 15 is 0 Å². The second-order valence-corrected chi connectivity index (χ2v) is 4.34. The molecule has 0 unspecified atom stereocenters. The Kier molecular flexibility index (Phi) is 5.89. The molecule has 2 rings (SSSR count). The van der Waals surface area contributed by atoms with Crippen molar-refractivity contribution in [2.24, 2.45) is 0 Å². The van der Waals surface area contributed by atoms with Crippen molar-refractivity contribution in [3.63, 3.8) is 0 Å². The fourth-order valence-corrected chi connectivity index (χ4v) is 1.98. The number of aromatic nitrogens is 1. The Morgan fingerprint density at radius 1 is 1.17 bits per heavy atom. The Morgan fingerprint density at radius 2 is 1.83 bits per heavy atom. The highest BCUT2D eigenvalue weighted by Crippen LogP contribution is 2.21. The lowest BCUT2D eigenvalue weighted by molar-refractivity contribution is 0.215. The molecule has 2 aromatic rings. The minimum atomic E-state index is 0.0441. The minimum Gasteiger partial charge on any atom is -0.376 e. The van der Waals surface area contributed by atoms with Gasteiger partial charge < -0.3 is 14.6 Å². The summed E-state index contributed by atoms with van der Waals surface area (Å²) in [6.07, 6.45) is 3.06. The van der Waals surface area contributed by atoms with Gasteiger partial charge in [0.15, 0.2) is 0 Å². The number of likely N-dealkylation sites (N-methyl/N-ethyl adjacent to an activating group) is 1. The summed E-state index contributed by atoms with van der Waals surface area (Å²) < 4.78 is 1.89. The van der Waals surface area contributed by atoms with Gasteiger partial charge in [-0.15, -0.1) is 0 Å². The van der Waals surface area contributed by atoms with Gasteiger partial charge in [0.05, 0.1) is 5.52 Å². The molecule has 3 nitrogen and oxygen atoms in total. The number of hydrogen-bond acceptors (Lipinski definition) is 2. The predicted molar refractivity (Wildman–Crippen MR) is 77.8 cm³/mol. The molecule has 0 saturated carbocycles. The first-order valence-electron chi connectivity index (χ1n) is 6.54. The number of rotatable bonds is 4. The van der Waals surface area contributed by atoms with E-state index in [0.29, 0.717) is 0 Å². The van der Waals surface area contributed by atoms with Gasteiger partial charge in [0.2, 0.25) is 0 Å².